The smallest absolute Gasteiger partial charge is 0.269 e. The molecule has 0 aliphatic carbocycles. The molecule has 26 heavy (non-hydrogen) atoms. The largest absolute Gasteiger partial charge is 0.354 e. The Labute approximate surface area is 159 Å². The standard InChI is InChI=1S/C17H18ClN5O2S/c1-4-19-16(25)15-10(2)26-17-21-12(7-14(24)23(15)17)9-22(3)13-6-5-11(18)8-20-13/h5-8H,4,9H2,1-3H3,(H,19,25). The van der Waals surface area contributed by atoms with Crippen LogP contribution in [0.3, 0.4) is 0 Å². The number of halogens is 1. The molecule has 0 aliphatic rings. The Morgan fingerprint density at radius 2 is 2.19 bits per heavy atom. The van der Waals surface area contributed by atoms with Gasteiger partial charge in [0.25, 0.3) is 11.5 Å². The van der Waals surface area contributed by atoms with Crippen molar-refractivity contribution in [2.45, 2.75) is 20.4 Å². The van der Waals surface area contributed by atoms with Crippen molar-refractivity contribution in [1.29, 1.82) is 0 Å². The molecule has 3 aromatic heterocycles. The Bertz CT molecular complexity index is 1010. The molecule has 136 valence electrons. The van der Waals surface area contributed by atoms with Crippen LogP contribution in [-0.4, -0.2) is 33.9 Å². The summed E-state index contributed by atoms with van der Waals surface area (Å²) in [5.74, 6) is 0.456. The molecule has 3 rings (SSSR count). The summed E-state index contributed by atoms with van der Waals surface area (Å²) >= 11 is 7.18. The van der Waals surface area contributed by atoms with E-state index in [2.05, 4.69) is 15.3 Å². The van der Waals surface area contributed by atoms with Gasteiger partial charge >= 0.3 is 0 Å². The number of carbonyl (C=O) groups excluding carboxylic acids is 1. The number of fused-ring (bicyclic) bond motifs is 1. The number of aromatic nitrogens is 3. The molecule has 0 bridgehead atoms. The average molecular weight is 392 g/mol. The third-order valence-electron chi connectivity index (χ3n) is 3.80. The lowest BCUT2D eigenvalue weighted by Crippen LogP contribution is -2.28. The van der Waals surface area contributed by atoms with Gasteiger partial charge in [-0.25, -0.2) is 14.4 Å². The summed E-state index contributed by atoms with van der Waals surface area (Å²) in [5, 5.41) is 3.30. The molecule has 0 saturated carbocycles. The number of nitrogens with one attached hydrogen (secondary N) is 1. The van der Waals surface area contributed by atoms with E-state index < -0.39 is 0 Å². The summed E-state index contributed by atoms with van der Waals surface area (Å²) in [6.07, 6.45) is 1.57. The Morgan fingerprint density at radius 3 is 2.85 bits per heavy atom. The number of hydrogen-bond donors (Lipinski definition) is 1. The number of carbonyl (C=O) groups is 1. The monoisotopic (exact) mass is 391 g/mol. The second-order valence-corrected chi connectivity index (χ2v) is 7.38. The molecule has 9 heteroatoms. The lowest BCUT2D eigenvalue weighted by Gasteiger charge is -2.17. The summed E-state index contributed by atoms with van der Waals surface area (Å²) in [7, 11) is 1.86. The summed E-state index contributed by atoms with van der Waals surface area (Å²) in [5.41, 5.74) is 0.689. The van der Waals surface area contributed by atoms with E-state index in [1.165, 1.54) is 21.8 Å². The van der Waals surface area contributed by atoms with E-state index in [9.17, 15) is 9.59 Å². The van der Waals surface area contributed by atoms with Crippen molar-refractivity contribution in [3.8, 4) is 0 Å². The maximum absolute atomic E-state index is 12.6. The third-order valence-corrected chi connectivity index (χ3v) is 4.98. The highest BCUT2D eigenvalue weighted by molar-refractivity contribution is 7.17. The Morgan fingerprint density at radius 1 is 1.42 bits per heavy atom. The SMILES string of the molecule is CCNC(=O)c1c(C)sc2nc(CN(C)c3ccc(Cl)cn3)cc(=O)n12. The minimum absolute atomic E-state index is 0.268. The average Bonchev–Trinajstić information content (AvgIpc) is 2.92. The van der Waals surface area contributed by atoms with Gasteiger partial charge in [-0.1, -0.05) is 11.6 Å². The van der Waals surface area contributed by atoms with E-state index >= 15 is 0 Å². The molecule has 0 aliphatic heterocycles. The van der Waals surface area contributed by atoms with Crippen molar-refractivity contribution in [2.24, 2.45) is 0 Å². The molecule has 1 N–H and O–H groups in total. The zero-order chi connectivity index (χ0) is 18.8. The fourth-order valence-corrected chi connectivity index (χ4v) is 3.73. The van der Waals surface area contributed by atoms with Crippen LogP contribution in [0.15, 0.2) is 29.2 Å². The van der Waals surface area contributed by atoms with Crippen LogP contribution in [0.1, 0.15) is 28.0 Å². The Hall–Kier alpha value is -2.45. The van der Waals surface area contributed by atoms with Gasteiger partial charge in [0.05, 0.1) is 17.3 Å². The van der Waals surface area contributed by atoms with Crippen molar-refractivity contribution in [2.75, 3.05) is 18.5 Å². The van der Waals surface area contributed by atoms with Gasteiger partial charge < -0.3 is 10.2 Å². The number of amides is 1. The first kappa shape index (κ1) is 18.3. The first-order chi connectivity index (χ1) is 12.4. The van der Waals surface area contributed by atoms with Crippen molar-refractivity contribution in [3.63, 3.8) is 0 Å². The summed E-state index contributed by atoms with van der Waals surface area (Å²) in [4.78, 5) is 36.8. The van der Waals surface area contributed by atoms with Crippen molar-refractivity contribution in [3.05, 3.63) is 56.0 Å². The van der Waals surface area contributed by atoms with E-state index in [4.69, 9.17) is 11.6 Å². The van der Waals surface area contributed by atoms with Crippen LogP contribution >= 0.6 is 22.9 Å². The number of anilines is 1. The fourth-order valence-electron chi connectivity index (χ4n) is 2.63. The molecule has 0 spiro atoms. The highest BCUT2D eigenvalue weighted by atomic mass is 35.5. The first-order valence-electron chi connectivity index (χ1n) is 8.03. The maximum atomic E-state index is 12.6. The summed E-state index contributed by atoms with van der Waals surface area (Å²) in [6.45, 7) is 4.55. The van der Waals surface area contributed by atoms with Crippen LogP contribution in [0.2, 0.25) is 5.02 Å². The van der Waals surface area contributed by atoms with Crippen molar-refractivity contribution in [1.82, 2.24) is 19.7 Å². The van der Waals surface area contributed by atoms with Crippen LogP contribution < -0.4 is 15.8 Å². The molecule has 0 fully saturated rings. The number of nitrogens with zero attached hydrogens (tertiary/aromatic N) is 4. The Kier molecular flexibility index (Phi) is 5.24. The first-order valence-corrected chi connectivity index (χ1v) is 9.23. The summed E-state index contributed by atoms with van der Waals surface area (Å²) < 4.78 is 1.37. The van der Waals surface area contributed by atoms with Gasteiger partial charge in [-0.15, -0.1) is 11.3 Å². The zero-order valence-electron chi connectivity index (χ0n) is 14.6. The van der Waals surface area contributed by atoms with E-state index in [-0.39, 0.29) is 11.5 Å². The molecule has 0 saturated heterocycles. The molecule has 0 aromatic carbocycles. The molecule has 0 unspecified atom stereocenters. The van der Waals surface area contributed by atoms with Crippen LogP contribution in [-0.2, 0) is 6.54 Å². The van der Waals surface area contributed by atoms with Crippen LogP contribution in [0, 0.1) is 6.92 Å². The van der Waals surface area contributed by atoms with E-state index in [1.54, 1.807) is 18.3 Å². The predicted molar refractivity (Wildman–Crippen MR) is 103 cm³/mol. The lowest BCUT2D eigenvalue weighted by molar-refractivity contribution is 0.0949. The van der Waals surface area contributed by atoms with Gasteiger partial charge in [-0.3, -0.25) is 9.59 Å². The summed E-state index contributed by atoms with van der Waals surface area (Å²) in [6, 6.07) is 5.01. The quantitative estimate of drug-likeness (QED) is 0.722. The molecule has 3 aromatic rings. The number of aryl methyl sites for hydroxylation is 1. The van der Waals surface area contributed by atoms with Gasteiger partial charge in [-0.2, -0.15) is 0 Å². The molecule has 0 radical (unpaired) electrons. The second kappa shape index (κ2) is 7.43. The topological polar surface area (TPSA) is 79.6 Å². The van der Waals surface area contributed by atoms with Crippen molar-refractivity contribution >= 4 is 39.6 Å². The van der Waals surface area contributed by atoms with Gasteiger partial charge in [0.15, 0.2) is 4.96 Å². The highest BCUT2D eigenvalue weighted by Gasteiger charge is 2.19. The fraction of sp³-hybridized carbons (Fsp3) is 0.294. The maximum Gasteiger partial charge on any atom is 0.269 e. The van der Waals surface area contributed by atoms with Crippen LogP contribution in [0.4, 0.5) is 5.82 Å². The molecular formula is C17H18ClN5O2S. The molecule has 7 nitrogen and oxygen atoms in total. The van der Waals surface area contributed by atoms with Gasteiger partial charge in [0.1, 0.15) is 11.5 Å². The van der Waals surface area contributed by atoms with Crippen molar-refractivity contribution < 1.29 is 4.79 Å². The Balaban J connectivity index is 1.95. The van der Waals surface area contributed by atoms with E-state index in [0.29, 0.717) is 34.5 Å². The predicted octanol–water partition coefficient (Wildman–Crippen LogP) is 2.50. The van der Waals surface area contributed by atoms with Gasteiger partial charge in [0, 0.05) is 30.7 Å². The molecular weight excluding hydrogens is 374 g/mol. The van der Waals surface area contributed by atoms with E-state index in [0.717, 1.165) is 10.7 Å². The van der Waals surface area contributed by atoms with E-state index in [1.807, 2.05) is 25.8 Å². The molecule has 1 amide bonds. The second-order valence-electron chi connectivity index (χ2n) is 5.76. The minimum Gasteiger partial charge on any atom is -0.354 e. The molecule has 3 heterocycles. The third kappa shape index (κ3) is 3.56. The normalized spacial score (nSPS) is 10.9. The number of pyridine rings is 1. The van der Waals surface area contributed by atoms with Gasteiger partial charge in [0.2, 0.25) is 0 Å². The van der Waals surface area contributed by atoms with Crippen LogP contribution in [0.25, 0.3) is 4.96 Å². The van der Waals surface area contributed by atoms with Crippen LogP contribution in [0.5, 0.6) is 0 Å². The zero-order valence-corrected chi connectivity index (χ0v) is 16.2. The lowest BCUT2D eigenvalue weighted by atomic mass is 10.3. The number of hydrogen-bond acceptors (Lipinski definition) is 6. The van der Waals surface area contributed by atoms with Gasteiger partial charge in [-0.05, 0) is 26.0 Å². The number of thiazole rings is 1. The highest BCUT2D eigenvalue weighted by Crippen LogP contribution is 2.21. The minimum atomic E-state index is -0.270. The molecule has 0 atom stereocenters. The number of rotatable bonds is 5.